The van der Waals surface area contributed by atoms with Gasteiger partial charge >= 0.3 is 11.7 Å². The van der Waals surface area contributed by atoms with Crippen LogP contribution in [0.15, 0.2) is 28.9 Å². The second-order valence-electron chi connectivity index (χ2n) is 5.01. The van der Waals surface area contributed by atoms with Gasteiger partial charge in [-0.05, 0) is 12.1 Å². The number of aliphatic hydroxyl groups excluding tert-OH is 1. The summed E-state index contributed by atoms with van der Waals surface area (Å²) in [6.07, 6.45) is 0.599. The van der Waals surface area contributed by atoms with E-state index < -0.39 is 18.0 Å². The highest BCUT2D eigenvalue weighted by Crippen LogP contribution is 2.25. The molecule has 120 valence electrons. The Morgan fingerprint density at radius 2 is 2.32 bits per heavy atom. The first-order valence-corrected chi connectivity index (χ1v) is 6.63. The Hall–Kier alpha value is -2.39. The largest absolute Gasteiger partial charge is 0.468 e. The number of esters is 1. The van der Waals surface area contributed by atoms with Crippen molar-refractivity contribution in [3.8, 4) is 0 Å². The molecule has 0 aromatic carbocycles. The molecule has 0 unspecified atom stereocenters. The maximum Gasteiger partial charge on any atom is 0.352 e. The Balaban J connectivity index is 2.05. The Morgan fingerprint density at radius 1 is 1.59 bits per heavy atom. The zero-order valence-electron chi connectivity index (χ0n) is 12.1. The molecule has 9 heteroatoms. The van der Waals surface area contributed by atoms with E-state index in [1.54, 1.807) is 19.3 Å². The van der Waals surface area contributed by atoms with Crippen molar-refractivity contribution in [2.75, 3.05) is 12.1 Å². The number of aromatic nitrogens is 2. The van der Waals surface area contributed by atoms with Crippen LogP contribution in [0, 0.1) is 5.92 Å². The van der Waals surface area contributed by atoms with Gasteiger partial charge in [0.15, 0.2) is 5.82 Å². The van der Waals surface area contributed by atoms with Crippen LogP contribution in [0.1, 0.15) is 20.1 Å². The van der Waals surface area contributed by atoms with Crippen LogP contribution in [0.4, 0.5) is 5.82 Å². The number of aliphatic hydroxyl groups is 1. The Kier molecular flexibility index (Phi) is 4.78. The molecule has 1 aliphatic rings. The number of rotatable bonds is 5. The van der Waals surface area contributed by atoms with Crippen molar-refractivity contribution in [1.29, 1.82) is 0 Å². The predicted molar refractivity (Wildman–Crippen MR) is 73.9 cm³/mol. The van der Waals surface area contributed by atoms with Crippen LogP contribution in [-0.4, -0.2) is 38.5 Å². The Bertz CT molecular complexity index is 639. The lowest BCUT2D eigenvalue weighted by Crippen LogP contribution is -2.32. The Labute approximate surface area is 125 Å². The minimum absolute atomic E-state index is 0.0206. The lowest BCUT2D eigenvalue weighted by atomic mass is 10.2. The number of nitrogens with zero attached hydrogens (tertiary/aromatic N) is 2. The fraction of sp³-hybridized carbons (Fsp3) is 0.462. The number of anilines is 1. The molecule has 1 aromatic rings. The van der Waals surface area contributed by atoms with Crippen LogP contribution >= 0.6 is 0 Å². The molecule has 3 N–H and O–H groups in total. The summed E-state index contributed by atoms with van der Waals surface area (Å²) in [7, 11) is 0. The van der Waals surface area contributed by atoms with Gasteiger partial charge in [-0.15, -0.1) is 0 Å². The van der Waals surface area contributed by atoms with Crippen LogP contribution in [0.25, 0.3) is 0 Å². The van der Waals surface area contributed by atoms with Crippen LogP contribution in [0.3, 0.4) is 0 Å². The highest BCUT2D eigenvalue weighted by atomic mass is 16.6. The molecule has 2 atom stereocenters. The van der Waals surface area contributed by atoms with E-state index in [2.05, 4.69) is 4.98 Å². The summed E-state index contributed by atoms with van der Waals surface area (Å²) in [5.74, 6) is -0.428. The van der Waals surface area contributed by atoms with Gasteiger partial charge in [0.05, 0.1) is 5.92 Å². The zero-order chi connectivity index (χ0) is 16.3. The van der Waals surface area contributed by atoms with Gasteiger partial charge in [0.25, 0.3) is 0 Å². The number of nitrogens with one attached hydrogen (secondary N) is 1. The number of carbonyl (C=O) groups excluding carboxylic acids is 1. The van der Waals surface area contributed by atoms with E-state index in [-0.39, 0.29) is 30.1 Å². The second kappa shape index (κ2) is 6.58. The molecule has 9 nitrogen and oxygen atoms in total. The SMILES string of the molecule is CC(C)C(=O)OCC1=C[C@@H](O)[C@H](n2ccc(NO)nc2=O)O1. The molecule has 2 heterocycles. The van der Waals surface area contributed by atoms with Crippen molar-refractivity contribution < 1.29 is 24.6 Å². The number of ether oxygens (including phenoxy) is 2. The van der Waals surface area contributed by atoms with Crippen molar-refractivity contribution in [1.82, 2.24) is 9.55 Å². The maximum atomic E-state index is 11.8. The summed E-state index contributed by atoms with van der Waals surface area (Å²) in [6.45, 7) is 3.28. The molecule has 0 radical (unpaired) electrons. The van der Waals surface area contributed by atoms with E-state index in [1.807, 2.05) is 0 Å². The van der Waals surface area contributed by atoms with Gasteiger partial charge < -0.3 is 14.6 Å². The fourth-order valence-corrected chi connectivity index (χ4v) is 1.82. The van der Waals surface area contributed by atoms with E-state index in [0.29, 0.717) is 0 Å². The fourth-order valence-electron chi connectivity index (χ4n) is 1.82. The van der Waals surface area contributed by atoms with E-state index in [1.165, 1.54) is 18.3 Å². The summed E-state index contributed by atoms with van der Waals surface area (Å²) >= 11 is 0. The first-order chi connectivity index (χ1) is 10.4. The first kappa shape index (κ1) is 16.0. The average Bonchev–Trinajstić information content (AvgIpc) is 2.85. The maximum absolute atomic E-state index is 11.8. The third kappa shape index (κ3) is 3.43. The number of hydrogen-bond acceptors (Lipinski definition) is 8. The minimum atomic E-state index is -1.08. The summed E-state index contributed by atoms with van der Waals surface area (Å²) in [6, 6.07) is 1.34. The molecule has 0 fully saturated rings. The topological polar surface area (TPSA) is 123 Å². The summed E-state index contributed by atoms with van der Waals surface area (Å²) in [4.78, 5) is 26.7. The molecule has 0 saturated heterocycles. The third-order valence-corrected chi connectivity index (χ3v) is 2.97. The van der Waals surface area contributed by atoms with Crippen LogP contribution in [-0.2, 0) is 14.3 Å². The van der Waals surface area contributed by atoms with Crippen molar-refractivity contribution in [2.24, 2.45) is 5.92 Å². The van der Waals surface area contributed by atoms with Crippen molar-refractivity contribution in [3.05, 3.63) is 34.6 Å². The molecule has 1 aromatic heterocycles. The lowest BCUT2D eigenvalue weighted by Gasteiger charge is -2.18. The van der Waals surface area contributed by atoms with Crippen molar-refractivity contribution >= 4 is 11.8 Å². The van der Waals surface area contributed by atoms with E-state index in [4.69, 9.17) is 14.7 Å². The molecule has 2 rings (SSSR count). The van der Waals surface area contributed by atoms with Gasteiger partial charge in [-0.25, -0.2) is 4.79 Å². The van der Waals surface area contributed by atoms with Crippen LogP contribution in [0.5, 0.6) is 0 Å². The smallest absolute Gasteiger partial charge is 0.352 e. The standard InChI is InChI=1S/C13H17N3O6/c1-7(2)12(18)21-6-8-5-9(17)11(22-8)16-4-3-10(15-20)14-13(16)19/h3-5,7,9,11,17,20H,6H2,1-2H3,(H,14,15,19)/t9-,11-/m1/s1. The molecule has 22 heavy (non-hydrogen) atoms. The van der Waals surface area contributed by atoms with Gasteiger partial charge in [-0.3, -0.25) is 20.0 Å². The van der Waals surface area contributed by atoms with Gasteiger partial charge in [0.2, 0.25) is 6.23 Å². The average molecular weight is 311 g/mol. The van der Waals surface area contributed by atoms with Crippen molar-refractivity contribution in [3.63, 3.8) is 0 Å². The molecular weight excluding hydrogens is 294 g/mol. The van der Waals surface area contributed by atoms with Gasteiger partial charge in [0.1, 0.15) is 18.5 Å². The molecule has 0 spiro atoms. The highest BCUT2D eigenvalue weighted by molar-refractivity contribution is 5.71. The Morgan fingerprint density at radius 3 is 2.91 bits per heavy atom. The number of hydrogen-bond donors (Lipinski definition) is 3. The highest BCUT2D eigenvalue weighted by Gasteiger charge is 2.30. The molecule has 0 aliphatic carbocycles. The minimum Gasteiger partial charge on any atom is -0.468 e. The summed E-state index contributed by atoms with van der Waals surface area (Å²) < 4.78 is 11.5. The van der Waals surface area contributed by atoms with E-state index in [9.17, 15) is 14.7 Å². The summed E-state index contributed by atoms with van der Waals surface area (Å²) in [5.41, 5.74) is 1.04. The molecule has 0 amide bonds. The quantitative estimate of drug-likeness (QED) is 0.513. The van der Waals surface area contributed by atoms with Gasteiger partial charge in [-0.2, -0.15) is 4.98 Å². The molecular formula is C13H17N3O6. The molecule has 1 aliphatic heterocycles. The van der Waals surface area contributed by atoms with Crippen LogP contribution in [0.2, 0.25) is 0 Å². The van der Waals surface area contributed by atoms with E-state index in [0.717, 1.165) is 4.57 Å². The summed E-state index contributed by atoms with van der Waals surface area (Å²) in [5, 5.41) is 18.6. The van der Waals surface area contributed by atoms with Crippen molar-refractivity contribution in [2.45, 2.75) is 26.2 Å². The van der Waals surface area contributed by atoms with Gasteiger partial charge in [0, 0.05) is 6.20 Å². The predicted octanol–water partition coefficient (Wildman–Crippen LogP) is 0.0172. The molecule has 0 bridgehead atoms. The first-order valence-electron chi connectivity index (χ1n) is 6.63. The van der Waals surface area contributed by atoms with Gasteiger partial charge in [-0.1, -0.05) is 13.8 Å². The third-order valence-electron chi connectivity index (χ3n) is 2.97. The normalized spacial score (nSPS) is 20.5. The number of carbonyl (C=O) groups is 1. The van der Waals surface area contributed by atoms with E-state index >= 15 is 0 Å². The molecule has 0 saturated carbocycles. The monoisotopic (exact) mass is 311 g/mol. The second-order valence-corrected chi connectivity index (χ2v) is 5.01. The van der Waals surface area contributed by atoms with Crippen LogP contribution < -0.4 is 11.2 Å². The lowest BCUT2D eigenvalue weighted by molar-refractivity contribution is -0.147. The zero-order valence-corrected chi connectivity index (χ0v) is 12.1.